The average molecular weight is 190 g/mol. The van der Waals surface area contributed by atoms with E-state index in [-0.39, 0.29) is 0 Å². The Balaban J connectivity index is 2.13. The van der Waals surface area contributed by atoms with Gasteiger partial charge in [0.15, 0.2) is 0 Å². The molecule has 14 heavy (non-hydrogen) atoms. The van der Waals surface area contributed by atoms with Crippen LogP contribution in [0.4, 0.5) is 11.4 Å². The smallest absolute Gasteiger partial charge is 0.133 e. The van der Waals surface area contributed by atoms with Gasteiger partial charge in [-0.05, 0) is 24.3 Å². The van der Waals surface area contributed by atoms with Crippen LogP contribution in [0, 0.1) is 0 Å². The molecule has 0 spiro atoms. The van der Waals surface area contributed by atoms with E-state index in [1.165, 1.54) is 11.4 Å². The summed E-state index contributed by atoms with van der Waals surface area (Å²) in [5.41, 5.74) is 2.39. The van der Waals surface area contributed by atoms with Gasteiger partial charge in [-0.15, -0.1) is 0 Å². The Morgan fingerprint density at radius 2 is 1.64 bits per heavy atom. The highest BCUT2D eigenvalue weighted by Crippen LogP contribution is 2.20. The number of rotatable bonds is 2. The van der Waals surface area contributed by atoms with Crippen molar-refractivity contribution in [1.29, 1.82) is 0 Å². The summed E-state index contributed by atoms with van der Waals surface area (Å²) in [6.07, 6.45) is 0. The van der Waals surface area contributed by atoms with Crippen molar-refractivity contribution in [3.05, 3.63) is 24.3 Å². The predicted molar refractivity (Wildman–Crippen MR) is 57.8 cm³/mol. The Morgan fingerprint density at radius 1 is 1.07 bits per heavy atom. The van der Waals surface area contributed by atoms with Gasteiger partial charge in [-0.25, -0.2) is 0 Å². The molecule has 0 saturated carbocycles. The van der Waals surface area contributed by atoms with Crippen molar-refractivity contribution >= 4 is 11.4 Å². The van der Waals surface area contributed by atoms with Crippen molar-refractivity contribution in [1.82, 2.24) is 0 Å². The molecule has 0 unspecified atom stereocenters. The van der Waals surface area contributed by atoms with E-state index >= 15 is 0 Å². The van der Waals surface area contributed by atoms with Crippen molar-refractivity contribution < 1.29 is 0 Å². The molecule has 0 atom stereocenters. The van der Waals surface area contributed by atoms with E-state index in [0.717, 1.165) is 0 Å². The average Bonchev–Trinajstić information content (AvgIpc) is 2.71. The topological polar surface area (TPSA) is 31.2 Å². The van der Waals surface area contributed by atoms with Crippen LogP contribution in [0.5, 0.6) is 0 Å². The Kier molecular flexibility index (Phi) is 2.35. The largest absolute Gasteiger partial charge is 0.378 e. The fourth-order valence-electron chi connectivity index (χ4n) is 1.41. The molecule has 1 aliphatic rings. The van der Waals surface area contributed by atoms with Gasteiger partial charge < -0.3 is 9.80 Å². The summed E-state index contributed by atoms with van der Waals surface area (Å²) in [4.78, 5) is 4.21. The Morgan fingerprint density at radius 3 is 2.14 bits per heavy atom. The summed E-state index contributed by atoms with van der Waals surface area (Å²) in [5, 5.41) is 7.88. The summed E-state index contributed by atoms with van der Waals surface area (Å²) < 4.78 is 0. The first kappa shape index (κ1) is 8.99. The molecule has 0 saturated heterocycles. The lowest BCUT2D eigenvalue weighted by molar-refractivity contribution is 0.941. The fraction of sp³-hybridized carbons (Fsp3) is 0.400. The zero-order valence-electron chi connectivity index (χ0n) is 8.51. The molecule has 2 rings (SSSR count). The number of hydrogen-bond acceptors (Lipinski definition) is 4. The highest BCUT2D eigenvalue weighted by Gasteiger charge is 2.08. The van der Waals surface area contributed by atoms with E-state index in [1.807, 2.05) is 14.1 Å². The molecule has 74 valence electrons. The normalized spacial score (nSPS) is 14.9. The maximum Gasteiger partial charge on any atom is 0.133 e. The minimum absolute atomic E-state index is 0.682. The van der Waals surface area contributed by atoms with Gasteiger partial charge in [0.25, 0.3) is 0 Å². The van der Waals surface area contributed by atoms with E-state index in [2.05, 4.69) is 44.3 Å². The Hall–Kier alpha value is -1.58. The standard InChI is InChI=1S/C10H14N4/c1-13(2)9-3-5-10(6-4-9)14-7-11-12-8-14/h3-6H,7-8H2,1-2H3. The van der Waals surface area contributed by atoms with Gasteiger partial charge >= 0.3 is 0 Å². The van der Waals surface area contributed by atoms with E-state index < -0.39 is 0 Å². The van der Waals surface area contributed by atoms with Gasteiger partial charge in [0.1, 0.15) is 13.3 Å². The minimum Gasteiger partial charge on any atom is -0.378 e. The molecule has 4 nitrogen and oxygen atoms in total. The molecule has 0 aliphatic carbocycles. The second-order valence-corrected chi connectivity index (χ2v) is 3.52. The molecule has 1 aromatic carbocycles. The monoisotopic (exact) mass is 190 g/mol. The van der Waals surface area contributed by atoms with Crippen molar-refractivity contribution in [3.63, 3.8) is 0 Å². The molecule has 0 radical (unpaired) electrons. The first-order valence-electron chi connectivity index (χ1n) is 4.63. The fourth-order valence-corrected chi connectivity index (χ4v) is 1.41. The molecule has 1 heterocycles. The van der Waals surface area contributed by atoms with Crippen LogP contribution in [0.25, 0.3) is 0 Å². The van der Waals surface area contributed by atoms with Gasteiger partial charge in [0.05, 0.1) is 0 Å². The molecule has 4 heteroatoms. The van der Waals surface area contributed by atoms with E-state index in [0.29, 0.717) is 13.3 Å². The maximum absolute atomic E-state index is 3.94. The van der Waals surface area contributed by atoms with Crippen LogP contribution in [0.15, 0.2) is 34.5 Å². The summed E-state index contributed by atoms with van der Waals surface area (Å²) >= 11 is 0. The quantitative estimate of drug-likeness (QED) is 0.713. The van der Waals surface area contributed by atoms with Crippen molar-refractivity contribution in [2.75, 3.05) is 37.2 Å². The number of anilines is 2. The summed E-state index contributed by atoms with van der Waals surface area (Å²) in [6.45, 7) is 1.36. The number of benzene rings is 1. The zero-order valence-corrected chi connectivity index (χ0v) is 8.51. The third-order valence-corrected chi connectivity index (χ3v) is 2.30. The highest BCUT2D eigenvalue weighted by molar-refractivity contribution is 5.55. The number of azo groups is 1. The second kappa shape index (κ2) is 3.65. The molecule has 1 aliphatic heterocycles. The Bertz CT molecular complexity index is 320. The van der Waals surface area contributed by atoms with Crippen LogP contribution in [-0.2, 0) is 0 Å². The first-order valence-corrected chi connectivity index (χ1v) is 4.63. The summed E-state index contributed by atoms with van der Waals surface area (Å²) in [7, 11) is 4.07. The SMILES string of the molecule is CN(C)c1ccc(N2CN=NC2)cc1. The van der Waals surface area contributed by atoms with E-state index in [9.17, 15) is 0 Å². The predicted octanol–water partition coefficient (Wildman–Crippen LogP) is 1.94. The van der Waals surface area contributed by atoms with Crippen molar-refractivity contribution in [2.24, 2.45) is 10.2 Å². The van der Waals surface area contributed by atoms with Gasteiger partial charge in [0.2, 0.25) is 0 Å². The molecule has 0 fully saturated rings. The van der Waals surface area contributed by atoms with Gasteiger partial charge in [-0.1, -0.05) is 0 Å². The first-order chi connectivity index (χ1) is 6.77. The van der Waals surface area contributed by atoms with Crippen LogP contribution >= 0.6 is 0 Å². The zero-order chi connectivity index (χ0) is 9.97. The van der Waals surface area contributed by atoms with Crippen LogP contribution in [0.3, 0.4) is 0 Å². The Labute approximate surface area is 83.9 Å². The molecule has 0 N–H and O–H groups in total. The van der Waals surface area contributed by atoms with Gasteiger partial charge in [-0.2, -0.15) is 10.2 Å². The minimum atomic E-state index is 0.682. The van der Waals surface area contributed by atoms with E-state index in [1.54, 1.807) is 0 Å². The summed E-state index contributed by atoms with van der Waals surface area (Å²) in [6, 6.07) is 8.42. The molecular formula is C10H14N4. The number of nitrogens with zero attached hydrogens (tertiary/aromatic N) is 4. The highest BCUT2D eigenvalue weighted by atomic mass is 15.4. The molecule has 0 aromatic heterocycles. The molecule has 0 amide bonds. The molecular weight excluding hydrogens is 176 g/mol. The molecule has 1 aromatic rings. The van der Waals surface area contributed by atoms with Crippen molar-refractivity contribution in [2.45, 2.75) is 0 Å². The summed E-state index contributed by atoms with van der Waals surface area (Å²) in [5.74, 6) is 0. The third-order valence-electron chi connectivity index (χ3n) is 2.30. The maximum atomic E-state index is 3.94. The number of hydrogen-bond donors (Lipinski definition) is 0. The lowest BCUT2D eigenvalue weighted by atomic mass is 10.2. The van der Waals surface area contributed by atoms with Crippen LogP contribution in [0.2, 0.25) is 0 Å². The van der Waals surface area contributed by atoms with Crippen LogP contribution in [-0.4, -0.2) is 27.4 Å². The third kappa shape index (κ3) is 1.69. The van der Waals surface area contributed by atoms with Crippen LogP contribution < -0.4 is 9.80 Å². The van der Waals surface area contributed by atoms with E-state index in [4.69, 9.17) is 0 Å². The van der Waals surface area contributed by atoms with Crippen LogP contribution in [0.1, 0.15) is 0 Å². The second-order valence-electron chi connectivity index (χ2n) is 3.52. The lowest BCUT2D eigenvalue weighted by Gasteiger charge is -2.17. The van der Waals surface area contributed by atoms with Crippen molar-refractivity contribution in [3.8, 4) is 0 Å². The lowest BCUT2D eigenvalue weighted by Crippen LogP contribution is -2.18. The van der Waals surface area contributed by atoms with Gasteiger partial charge in [-0.3, -0.25) is 0 Å². The molecule has 0 bridgehead atoms. The van der Waals surface area contributed by atoms with Gasteiger partial charge in [0, 0.05) is 25.5 Å².